The van der Waals surface area contributed by atoms with E-state index in [1.54, 1.807) is 0 Å². The minimum atomic E-state index is -0.547. The molecule has 3 aromatic carbocycles. The van der Waals surface area contributed by atoms with Crippen LogP contribution in [0.3, 0.4) is 0 Å². The Morgan fingerprint density at radius 1 is 0.978 bits per heavy atom. The summed E-state index contributed by atoms with van der Waals surface area (Å²) in [7, 11) is 0. The molecule has 0 spiro atoms. The van der Waals surface area contributed by atoms with E-state index < -0.39 is 5.60 Å². The van der Waals surface area contributed by atoms with Gasteiger partial charge in [-0.25, -0.2) is 14.8 Å². The van der Waals surface area contributed by atoms with E-state index in [9.17, 15) is 4.79 Å². The van der Waals surface area contributed by atoms with Crippen molar-refractivity contribution in [3.63, 3.8) is 0 Å². The van der Waals surface area contributed by atoms with Crippen LogP contribution in [-0.2, 0) is 11.3 Å². The molecule has 0 bridgehead atoms. The Hall–Kier alpha value is -4.37. The van der Waals surface area contributed by atoms with Gasteiger partial charge in [-0.1, -0.05) is 18.2 Å². The normalized spacial score (nSPS) is 22.9. The Labute approximate surface area is 262 Å². The Kier molecular flexibility index (Phi) is 6.46. The number of hydrogen-bond acceptors (Lipinski definition) is 6. The Morgan fingerprint density at radius 3 is 2.64 bits per heavy atom. The zero-order chi connectivity index (χ0) is 31.0. The summed E-state index contributed by atoms with van der Waals surface area (Å²) in [6.45, 7) is 10.5. The Morgan fingerprint density at radius 2 is 1.84 bits per heavy atom. The molecule has 0 radical (unpaired) electrons. The van der Waals surface area contributed by atoms with Gasteiger partial charge >= 0.3 is 6.09 Å². The second-order valence-corrected chi connectivity index (χ2v) is 14.0. The van der Waals surface area contributed by atoms with E-state index in [4.69, 9.17) is 19.4 Å². The Balaban J connectivity index is 1.08. The lowest BCUT2D eigenvalue weighted by Crippen LogP contribution is -2.40. The number of rotatable bonds is 3. The molecule has 0 saturated carbocycles. The van der Waals surface area contributed by atoms with Gasteiger partial charge in [-0.2, -0.15) is 0 Å². The number of nitrogens with zero attached hydrogens (tertiary/aromatic N) is 3. The Bertz CT molecular complexity index is 1950. The first-order valence-corrected chi connectivity index (χ1v) is 16.2. The summed E-state index contributed by atoms with van der Waals surface area (Å²) in [5.41, 5.74) is 6.86. The average Bonchev–Trinajstić information content (AvgIpc) is 3.80. The van der Waals surface area contributed by atoms with E-state index in [0.29, 0.717) is 12.6 Å². The number of amides is 1. The molecule has 0 unspecified atom stereocenters. The molecule has 5 heterocycles. The van der Waals surface area contributed by atoms with Crippen LogP contribution in [0.15, 0.2) is 48.7 Å². The first kappa shape index (κ1) is 28.1. The number of hydrogen-bond donors (Lipinski definition) is 3. The third-order valence-electron chi connectivity index (χ3n) is 9.56. The van der Waals surface area contributed by atoms with E-state index >= 15 is 0 Å². The van der Waals surface area contributed by atoms with Crippen molar-refractivity contribution in [2.24, 2.45) is 0 Å². The minimum absolute atomic E-state index is 0.0924. The molecule has 8 rings (SSSR count). The second kappa shape index (κ2) is 10.3. The fourth-order valence-corrected chi connectivity index (χ4v) is 7.31. The molecule has 3 aliphatic rings. The fraction of sp³-hybridized carbons (Fsp3) is 0.417. The molecule has 3 aliphatic heterocycles. The van der Waals surface area contributed by atoms with Crippen LogP contribution in [0.4, 0.5) is 4.79 Å². The van der Waals surface area contributed by atoms with Crippen molar-refractivity contribution in [3.8, 4) is 28.1 Å². The number of fused-ring (bicyclic) bond motifs is 6. The molecule has 232 valence electrons. The van der Waals surface area contributed by atoms with E-state index in [1.807, 2.05) is 31.9 Å². The topological polar surface area (TPSA) is 108 Å². The van der Waals surface area contributed by atoms with Crippen molar-refractivity contribution in [1.82, 2.24) is 30.2 Å². The number of ether oxygens (including phenoxy) is 2. The van der Waals surface area contributed by atoms with Crippen LogP contribution in [-0.4, -0.2) is 48.6 Å². The highest BCUT2D eigenvalue weighted by Crippen LogP contribution is 2.43. The summed E-state index contributed by atoms with van der Waals surface area (Å²) in [5.74, 6) is 2.69. The number of nitrogens with one attached hydrogen (secondary N) is 3. The molecule has 2 aromatic heterocycles. The minimum Gasteiger partial charge on any atom is -0.488 e. The summed E-state index contributed by atoms with van der Waals surface area (Å²) in [4.78, 5) is 31.7. The maximum Gasteiger partial charge on any atom is 0.411 e. The SMILES string of the molecule is C[C@H]1CC[C@@H](c2nc3c(ccc4cc5c(cc43)OCc3cc(-c4cnc([C@@H]6CC[C@H](C)N6C(=O)OC(C)(C)C)[nH]4)ccc3-5)[nH]2)N1. The number of likely N-dealkylation sites (tertiary alicyclic amines) is 1. The number of benzene rings is 3. The number of carbonyl (C=O) groups is 1. The van der Waals surface area contributed by atoms with Crippen LogP contribution in [0.5, 0.6) is 5.75 Å². The molecule has 9 heteroatoms. The maximum atomic E-state index is 13.0. The highest BCUT2D eigenvalue weighted by Gasteiger charge is 2.39. The summed E-state index contributed by atoms with van der Waals surface area (Å²) in [6, 6.07) is 15.9. The summed E-state index contributed by atoms with van der Waals surface area (Å²) in [5, 5.41) is 5.89. The molecule has 2 fully saturated rings. The molecule has 0 aliphatic carbocycles. The van der Waals surface area contributed by atoms with Gasteiger partial charge in [0, 0.05) is 23.0 Å². The number of aromatic nitrogens is 4. The maximum absolute atomic E-state index is 13.0. The van der Waals surface area contributed by atoms with Crippen LogP contribution >= 0.6 is 0 Å². The van der Waals surface area contributed by atoms with E-state index in [1.165, 1.54) is 12.0 Å². The largest absolute Gasteiger partial charge is 0.488 e. The molecule has 9 nitrogen and oxygen atoms in total. The lowest BCUT2D eigenvalue weighted by molar-refractivity contribution is 0.0151. The number of carbonyl (C=O) groups excluding carboxylic acids is 1. The molecule has 45 heavy (non-hydrogen) atoms. The van der Waals surface area contributed by atoms with Crippen LogP contribution in [0.25, 0.3) is 44.2 Å². The molecule has 3 N–H and O–H groups in total. The summed E-state index contributed by atoms with van der Waals surface area (Å²) in [6.07, 6.45) is 5.59. The quantitative estimate of drug-likeness (QED) is 0.193. The highest BCUT2D eigenvalue weighted by molar-refractivity contribution is 6.07. The van der Waals surface area contributed by atoms with Crippen LogP contribution in [0.2, 0.25) is 0 Å². The van der Waals surface area contributed by atoms with Crippen LogP contribution in [0, 0.1) is 0 Å². The van der Waals surface area contributed by atoms with Gasteiger partial charge in [0.1, 0.15) is 29.6 Å². The second-order valence-electron chi connectivity index (χ2n) is 14.0. The zero-order valence-electron chi connectivity index (χ0n) is 26.5. The van der Waals surface area contributed by atoms with Crippen LogP contribution < -0.4 is 10.1 Å². The number of H-pyrrole nitrogens is 2. The van der Waals surface area contributed by atoms with Gasteiger partial charge in [-0.05, 0) is 107 Å². The first-order chi connectivity index (χ1) is 21.6. The molecule has 2 saturated heterocycles. The van der Waals surface area contributed by atoms with Crippen molar-refractivity contribution >= 4 is 27.9 Å². The van der Waals surface area contributed by atoms with Crippen LogP contribution in [0.1, 0.15) is 89.6 Å². The van der Waals surface area contributed by atoms with E-state index in [-0.39, 0.29) is 24.2 Å². The van der Waals surface area contributed by atoms with Gasteiger partial charge in [0.15, 0.2) is 0 Å². The molecule has 5 aromatic rings. The number of aromatic amines is 2. The number of imidazole rings is 2. The first-order valence-electron chi connectivity index (χ1n) is 16.2. The monoisotopic (exact) mass is 604 g/mol. The van der Waals surface area contributed by atoms with Crippen molar-refractivity contribution in [2.75, 3.05) is 0 Å². The van der Waals surface area contributed by atoms with Gasteiger partial charge in [-0.15, -0.1) is 0 Å². The van der Waals surface area contributed by atoms with Crippen molar-refractivity contribution in [1.29, 1.82) is 0 Å². The predicted octanol–water partition coefficient (Wildman–Crippen LogP) is 7.94. The van der Waals surface area contributed by atoms with E-state index in [0.717, 1.165) is 80.9 Å². The average molecular weight is 605 g/mol. The predicted molar refractivity (Wildman–Crippen MR) is 175 cm³/mol. The lowest BCUT2D eigenvalue weighted by atomic mass is 9.92. The fourth-order valence-electron chi connectivity index (χ4n) is 7.31. The van der Waals surface area contributed by atoms with Gasteiger partial charge in [0.05, 0.1) is 35.0 Å². The molecule has 1 amide bonds. The third kappa shape index (κ3) is 4.94. The van der Waals surface area contributed by atoms with Gasteiger partial charge < -0.3 is 24.8 Å². The lowest BCUT2D eigenvalue weighted by Gasteiger charge is -2.30. The summed E-state index contributed by atoms with van der Waals surface area (Å²) < 4.78 is 12.1. The van der Waals surface area contributed by atoms with Gasteiger partial charge in [0.2, 0.25) is 0 Å². The zero-order valence-corrected chi connectivity index (χ0v) is 26.5. The molecular formula is C36H40N6O3. The van der Waals surface area contributed by atoms with Gasteiger partial charge in [-0.3, -0.25) is 4.90 Å². The standard InChI is InChI=1S/C36H40N6O3/c1-19-6-11-28(38-19)33-39-27-12-9-21-15-26-24-10-8-22(14-23(24)18-44-31(26)16-25(21)32(27)41-33)29-17-37-34(40-29)30-13-7-20(2)42(30)35(43)45-36(3,4)5/h8-10,12,14-17,19-20,28,30,38H,6-7,11,13,18H2,1-5H3,(H,37,40)(H,39,41)/t19-,20-,28-,30-/m0/s1. The van der Waals surface area contributed by atoms with Crippen molar-refractivity contribution in [3.05, 3.63) is 65.9 Å². The highest BCUT2D eigenvalue weighted by atomic mass is 16.6. The molecule has 4 atom stereocenters. The third-order valence-corrected chi connectivity index (χ3v) is 9.56. The van der Waals surface area contributed by atoms with Crippen molar-refractivity contribution in [2.45, 2.75) is 96.7 Å². The summed E-state index contributed by atoms with van der Waals surface area (Å²) >= 11 is 0. The molecular weight excluding hydrogens is 564 g/mol. The van der Waals surface area contributed by atoms with E-state index in [2.05, 4.69) is 71.6 Å². The van der Waals surface area contributed by atoms with Crippen molar-refractivity contribution < 1.29 is 14.3 Å². The smallest absolute Gasteiger partial charge is 0.411 e. The van der Waals surface area contributed by atoms with Gasteiger partial charge in [0.25, 0.3) is 0 Å².